The lowest BCUT2D eigenvalue weighted by atomic mass is 10.2. The van der Waals surface area contributed by atoms with Gasteiger partial charge in [0.1, 0.15) is 15.6 Å². The molecule has 7 nitrogen and oxygen atoms in total. The van der Waals surface area contributed by atoms with Gasteiger partial charge in [-0.3, -0.25) is 4.79 Å². The highest BCUT2D eigenvalue weighted by molar-refractivity contribution is 7.89. The maximum absolute atomic E-state index is 13.2. The van der Waals surface area contributed by atoms with E-state index in [1.54, 1.807) is 29.2 Å². The Morgan fingerprint density at radius 1 is 1.00 bits per heavy atom. The number of nitrogens with zero attached hydrogens (tertiary/aromatic N) is 3. The number of thiazole rings is 1. The molecule has 2 heterocycles. The quantitative estimate of drug-likeness (QED) is 0.528. The van der Waals surface area contributed by atoms with Gasteiger partial charge < -0.3 is 9.64 Å². The largest absolute Gasteiger partial charge is 0.494 e. The van der Waals surface area contributed by atoms with E-state index in [1.165, 1.54) is 15.6 Å². The second-order valence-electron chi connectivity index (χ2n) is 7.90. The van der Waals surface area contributed by atoms with Gasteiger partial charge in [0.05, 0.1) is 17.2 Å². The van der Waals surface area contributed by atoms with Gasteiger partial charge in [-0.25, -0.2) is 13.4 Å². The average Bonchev–Trinajstić information content (AvgIpc) is 3.21. The van der Waals surface area contributed by atoms with Crippen LogP contribution in [0.15, 0.2) is 53.4 Å². The standard InChI is InChI=1S/C24H27N3O4S2/c1-4-31-20-9-7-19(8-10-20)23-25-18(3)22(32-23)24(28)26-13-15-27(16-14-26)33(29,30)21-11-5-17(2)6-12-21/h5-12H,4,13-16H2,1-3H3. The zero-order valence-corrected chi connectivity index (χ0v) is 20.6. The summed E-state index contributed by atoms with van der Waals surface area (Å²) in [5.41, 5.74) is 2.62. The van der Waals surface area contributed by atoms with E-state index in [-0.39, 0.29) is 23.9 Å². The Balaban J connectivity index is 1.44. The SMILES string of the molecule is CCOc1ccc(-c2nc(C)c(C(=O)N3CCN(S(=O)(=O)c4ccc(C)cc4)CC3)s2)cc1. The van der Waals surface area contributed by atoms with Crippen LogP contribution in [0.25, 0.3) is 10.6 Å². The van der Waals surface area contributed by atoms with Gasteiger partial charge in [0.2, 0.25) is 10.0 Å². The van der Waals surface area contributed by atoms with Crippen LogP contribution in [-0.2, 0) is 10.0 Å². The summed E-state index contributed by atoms with van der Waals surface area (Å²) < 4.78 is 32.8. The maximum atomic E-state index is 13.2. The molecule has 0 unspecified atom stereocenters. The molecule has 9 heteroatoms. The minimum Gasteiger partial charge on any atom is -0.494 e. The van der Waals surface area contributed by atoms with Crippen molar-refractivity contribution in [3.63, 3.8) is 0 Å². The van der Waals surface area contributed by atoms with Gasteiger partial charge in [-0.05, 0) is 57.2 Å². The van der Waals surface area contributed by atoms with Crippen LogP contribution in [0, 0.1) is 13.8 Å². The van der Waals surface area contributed by atoms with Gasteiger partial charge in [-0.1, -0.05) is 17.7 Å². The Hall–Kier alpha value is -2.75. The van der Waals surface area contributed by atoms with Crippen molar-refractivity contribution < 1.29 is 17.9 Å². The number of rotatable bonds is 6. The molecular weight excluding hydrogens is 458 g/mol. The number of carbonyl (C=O) groups excluding carboxylic acids is 1. The molecule has 0 bridgehead atoms. The predicted molar refractivity (Wildman–Crippen MR) is 129 cm³/mol. The summed E-state index contributed by atoms with van der Waals surface area (Å²) in [6.45, 7) is 7.53. The molecule has 1 amide bonds. The summed E-state index contributed by atoms with van der Waals surface area (Å²) in [7, 11) is -3.57. The summed E-state index contributed by atoms with van der Waals surface area (Å²) in [4.78, 5) is 20.4. The Kier molecular flexibility index (Phi) is 6.83. The van der Waals surface area contributed by atoms with Crippen molar-refractivity contribution in [3.8, 4) is 16.3 Å². The molecule has 2 aromatic carbocycles. The van der Waals surface area contributed by atoms with E-state index in [4.69, 9.17) is 4.74 Å². The van der Waals surface area contributed by atoms with Gasteiger partial charge in [-0.2, -0.15) is 4.31 Å². The molecule has 1 saturated heterocycles. The Bertz CT molecular complexity index is 1230. The molecule has 33 heavy (non-hydrogen) atoms. The van der Waals surface area contributed by atoms with E-state index in [1.807, 2.05) is 45.0 Å². The number of carbonyl (C=O) groups is 1. The molecule has 0 atom stereocenters. The van der Waals surface area contributed by atoms with Gasteiger partial charge in [-0.15, -0.1) is 11.3 Å². The number of aryl methyl sites for hydroxylation is 2. The lowest BCUT2D eigenvalue weighted by Gasteiger charge is -2.33. The number of benzene rings is 2. The number of aromatic nitrogens is 1. The fourth-order valence-corrected chi connectivity index (χ4v) is 6.17. The van der Waals surface area contributed by atoms with E-state index >= 15 is 0 Å². The summed E-state index contributed by atoms with van der Waals surface area (Å²) in [5.74, 6) is 0.693. The number of hydrogen-bond acceptors (Lipinski definition) is 6. The van der Waals surface area contributed by atoms with Gasteiger partial charge in [0.25, 0.3) is 5.91 Å². The first-order valence-corrected chi connectivity index (χ1v) is 13.1. The van der Waals surface area contributed by atoms with E-state index in [0.717, 1.165) is 21.9 Å². The third-order valence-electron chi connectivity index (χ3n) is 5.59. The van der Waals surface area contributed by atoms with Crippen LogP contribution in [-0.4, -0.2) is 61.3 Å². The highest BCUT2D eigenvalue weighted by atomic mass is 32.2. The second-order valence-corrected chi connectivity index (χ2v) is 10.8. The molecule has 0 radical (unpaired) electrons. The Labute approximate surface area is 198 Å². The molecule has 0 spiro atoms. The predicted octanol–water partition coefficient (Wildman–Crippen LogP) is 3.97. The fraction of sp³-hybridized carbons (Fsp3) is 0.333. The lowest BCUT2D eigenvalue weighted by Crippen LogP contribution is -2.50. The number of hydrogen-bond donors (Lipinski definition) is 0. The highest BCUT2D eigenvalue weighted by Gasteiger charge is 2.31. The number of ether oxygens (including phenoxy) is 1. The smallest absolute Gasteiger partial charge is 0.265 e. The molecule has 3 aromatic rings. The van der Waals surface area contributed by atoms with Crippen molar-refractivity contribution in [2.24, 2.45) is 0 Å². The number of amides is 1. The summed E-state index contributed by atoms with van der Waals surface area (Å²) in [6.07, 6.45) is 0. The van der Waals surface area contributed by atoms with E-state index in [9.17, 15) is 13.2 Å². The van der Waals surface area contributed by atoms with E-state index in [2.05, 4.69) is 4.98 Å². The molecule has 1 aliphatic rings. The second kappa shape index (κ2) is 9.62. The van der Waals surface area contributed by atoms with Crippen molar-refractivity contribution in [2.75, 3.05) is 32.8 Å². The fourth-order valence-electron chi connectivity index (χ4n) is 3.71. The van der Waals surface area contributed by atoms with E-state index < -0.39 is 10.0 Å². The molecule has 1 fully saturated rings. The molecule has 0 aliphatic carbocycles. The zero-order valence-electron chi connectivity index (χ0n) is 18.9. The first kappa shape index (κ1) is 23.4. The van der Waals surface area contributed by atoms with Gasteiger partial charge in [0.15, 0.2) is 0 Å². The third kappa shape index (κ3) is 4.95. The van der Waals surface area contributed by atoms with Crippen LogP contribution in [0.2, 0.25) is 0 Å². The summed E-state index contributed by atoms with van der Waals surface area (Å²) in [6, 6.07) is 14.5. The number of piperazine rings is 1. The van der Waals surface area contributed by atoms with Crippen molar-refractivity contribution in [3.05, 3.63) is 64.7 Å². The van der Waals surface area contributed by atoms with Crippen molar-refractivity contribution in [1.82, 2.24) is 14.2 Å². The normalized spacial score (nSPS) is 14.9. The third-order valence-corrected chi connectivity index (χ3v) is 8.70. The van der Waals surface area contributed by atoms with E-state index in [0.29, 0.717) is 30.3 Å². The summed E-state index contributed by atoms with van der Waals surface area (Å²) >= 11 is 1.36. The molecule has 1 aromatic heterocycles. The minimum absolute atomic E-state index is 0.102. The van der Waals surface area contributed by atoms with Crippen molar-refractivity contribution in [2.45, 2.75) is 25.7 Å². The lowest BCUT2D eigenvalue weighted by molar-refractivity contribution is 0.0702. The average molecular weight is 486 g/mol. The van der Waals surface area contributed by atoms with Crippen LogP contribution < -0.4 is 4.74 Å². The first-order valence-electron chi connectivity index (χ1n) is 10.9. The maximum Gasteiger partial charge on any atom is 0.265 e. The first-order chi connectivity index (χ1) is 15.8. The summed E-state index contributed by atoms with van der Waals surface area (Å²) in [5, 5.41) is 0.777. The van der Waals surface area contributed by atoms with Crippen LogP contribution in [0.5, 0.6) is 5.75 Å². The van der Waals surface area contributed by atoms with Crippen molar-refractivity contribution >= 4 is 27.3 Å². The van der Waals surface area contributed by atoms with Gasteiger partial charge in [0, 0.05) is 31.7 Å². The molecule has 174 valence electrons. The molecular formula is C24H27N3O4S2. The Morgan fingerprint density at radius 3 is 2.24 bits per heavy atom. The molecule has 4 rings (SSSR count). The van der Waals surface area contributed by atoms with Crippen LogP contribution in [0.4, 0.5) is 0 Å². The van der Waals surface area contributed by atoms with Crippen LogP contribution >= 0.6 is 11.3 Å². The molecule has 0 N–H and O–H groups in total. The van der Waals surface area contributed by atoms with Crippen molar-refractivity contribution in [1.29, 1.82) is 0 Å². The zero-order chi connectivity index (χ0) is 23.6. The topological polar surface area (TPSA) is 79.8 Å². The monoisotopic (exact) mass is 485 g/mol. The van der Waals surface area contributed by atoms with Crippen LogP contribution in [0.3, 0.4) is 0 Å². The highest BCUT2D eigenvalue weighted by Crippen LogP contribution is 2.30. The Morgan fingerprint density at radius 2 is 1.64 bits per heavy atom. The number of sulfonamides is 1. The minimum atomic E-state index is -3.57. The molecule has 0 saturated carbocycles. The molecule has 1 aliphatic heterocycles. The van der Waals surface area contributed by atoms with Gasteiger partial charge >= 0.3 is 0 Å². The van der Waals surface area contributed by atoms with Crippen LogP contribution in [0.1, 0.15) is 27.9 Å².